The van der Waals surface area contributed by atoms with E-state index in [1.54, 1.807) is 12.1 Å². The third-order valence-corrected chi connectivity index (χ3v) is 3.90. The summed E-state index contributed by atoms with van der Waals surface area (Å²) in [4.78, 5) is 0. The average molecular weight is 307 g/mol. The molecule has 1 heterocycles. The summed E-state index contributed by atoms with van der Waals surface area (Å²) in [6.07, 6.45) is 2.69. The number of aromatic hydroxyl groups is 1. The first kappa shape index (κ1) is 15.3. The Balaban J connectivity index is 1.65. The molecule has 0 bridgehead atoms. The molecule has 0 unspecified atom stereocenters. The molecule has 0 spiro atoms. The SMILES string of the molecule is CC(C)c1ccc(Cn2cc(Cc3ccc(O)cc3)nn2)cc1. The summed E-state index contributed by atoms with van der Waals surface area (Å²) in [7, 11) is 0. The van der Waals surface area contributed by atoms with E-state index < -0.39 is 0 Å². The number of aromatic nitrogens is 3. The number of hydrogen-bond acceptors (Lipinski definition) is 3. The third-order valence-electron chi connectivity index (χ3n) is 3.90. The van der Waals surface area contributed by atoms with Gasteiger partial charge in [-0.05, 0) is 34.7 Å². The summed E-state index contributed by atoms with van der Waals surface area (Å²) in [5.41, 5.74) is 4.60. The lowest BCUT2D eigenvalue weighted by Crippen LogP contribution is -2.00. The number of benzene rings is 2. The quantitative estimate of drug-likeness (QED) is 0.781. The molecule has 2 aromatic carbocycles. The van der Waals surface area contributed by atoms with Crippen LogP contribution in [0.1, 0.15) is 42.1 Å². The standard InChI is InChI=1S/C19H21N3O/c1-14(2)17-7-3-16(4-8-17)12-22-13-18(20-21-22)11-15-5-9-19(23)10-6-15/h3-10,13-14,23H,11-12H2,1-2H3. The largest absolute Gasteiger partial charge is 0.508 e. The van der Waals surface area contributed by atoms with Gasteiger partial charge in [0, 0.05) is 12.6 Å². The van der Waals surface area contributed by atoms with Crippen LogP contribution in [-0.4, -0.2) is 20.1 Å². The zero-order valence-electron chi connectivity index (χ0n) is 13.5. The van der Waals surface area contributed by atoms with E-state index in [1.165, 1.54) is 11.1 Å². The Morgan fingerprint density at radius 2 is 1.61 bits per heavy atom. The molecule has 0 saturated heterocycles. The van der Waals surface area contributed by atoms with Crippen LogP contribution in [0.25, 0.3) is 0 Å². The van der Waals surface area contributed by atoms with Gasteiger partial charge in [0.1, 0.15) is 5.75 Å². The molecule has 0 aliphatic carbocycles. The predicted molar refractivity (Wildman–Crippen MR) is 90.6 cm³/mol. The van der Waals surface area contributed by atoms with Gasteiger partial charge in [0.15, 0.2) is 0 Å². The van der Waals surface area contributed by atoms with Gasteiger partial charge in [-0.25, -0.2) is 4.68 Å². The molecular formula is C19H21N3O. The summed E-state index contributed by atoms with van der Waals surface area (Å²) >= 11 is 0. The van der Waals surface area contributed by atoms with Crippen LogP contribution in [0.2, 0.25) is 0 Å². The second-order valence-electron chi connectivity index (χ2n) is 6.15. The van der Waals surface area contributed by atoms with Gasteiger partial charge in [0.05, 0.1) is 12.2 Å². The van der Waals surface area contributed by atoms with Crippen molar-refractivity contribution in [2.75, 3.05) is 0 Å². The van der Waals surface area contributed by atoms with E-state index in [4.69, 9.17) is 0 Å². The lowest BCUT2D eigenvalue weighted by atomic mass is 10.0. The van der Waals surface area contributed by atoms with Crippen LogP contribution >= 0.6 is 0 Å². The van der Waals surface area contributed by atoms with Crippen LogP contribution in [0.3, 0.4) is 0 Å². The molecule has 0 aliphatic rings. The van der Waals surface area contributed by atoms with E-state index in [1.807, 2.05) is 23.0 Å². The van der Waals surface area contributed by atoms with Gasteiger partial charge in [-0.15, -0.1) is 5.10 Å². The van der Waals surface area contributed by atoms with Crippen molar-refractivity contribution >= 4 is 0 Å². The normalized spacial score (nSPS) is 11.1. The number of phenols is 1. The molecule has 0 amide bonds. The number of phenolic OH excluding ortho intramolecular Hbond substituents is 1. The Bertz CT molecular complexity index is 758. The van der Waals surface area contributed by atoms with Gasteiger partial charge >= 0.3 is 0 Å². The van der Waals surface area contributed by atoms with E-state index >= 15 is 0 Å². The maximum absolute atomic E-state index is 9.31. The van der Waals surface area contributed by atoms with Gasteiger partial charge in [-0.1, -0.05) is 55.5 Å². The maximum atomic E-state index is 9.31. The minimum atomic E-state index is 0.280. The zero-order chi connectivity index (χ0) is 16.2. The van der Waals surface area contributed by atoms with E-state index in [2.05, 4.69) is 48.4 Å². The van der Waals surface area contributed by atoms with Crippen LogP contribution in [0.4, 0.5) is 0 Å². The van der Waals surface area contributed by atoms with Crippen LogP contribution < -0.4 is 0 Å². The smallest absolute Gasteiger partial charge is 0.115 e. The predicted octanol–water partition coefficient (Wildman–Crippen LogP) is 3.75. The second kappa shape index (κ2) is 6.65. The maximum Gasteiger partial charge on any atom is 0.115 e. The van der Waals surface area contributed by atoms with E-state index in [9.17, 15) is 5.11 Å². The first-order chi connectivity index (χ1) is 11.1. The van der Waals surface area contributed by atoms with Crippen LogP contribution in [0.5, 0.6) is 5.75 Å². The molecule has 1 aromatic heterocycles. The Morgan fingerprint density at radius 3 is 2.26 bits per heavy atom. The average Bonchev–Trinajstić information content (AvgIpc) is 2.97. The lowest BCUT2D eigenvalue weighted by Gasteiger charge is -2.06. The Labute approximate surface area is 136 Å². The summed E-state index contributed by atoms with van der Waals surface area (Å²) in [5, 5.41) is 17.7. The Kier molecular flexibility index (Phi) is 4.42. The molecule has 3 rings (SSSR count). The van der Waals surface area contributed by atoms with Gasteiger partial charge in [0.2, 0.25) is 0 Å². The molecule has 0 aliphatic heterocycles. The molecule has 0 atom stereocenters. The lowest BCUT2D eigenvalue weighted by molar-refractivity contribution is 0.475. The number of rotatable bonds is 5. The molecule has 4 heteroatoms. The van der Waals surface area contributed by atoms with Crippen molar-refractivity contribution in [3.8, 4) is 5.75 Å². The first-order valence-corrected chi connectivity index (χ1v) is 7.86. The molecular weight excluding hydrogens is 286 g/mol. The van der Waals surface area contributed by atoms with Crippen molar-refractivity contribution in [3.63, 3.8) is 0 Å². The zero-order valence-corrected chi connectivity index (χ0v) is 13.5. The minimum absolute atomic E-state index is 0.280. The highest BCUT2D eigenvalue weighted by molar-refractivity contribution is 5.28. The van der Waals surface area contributed by atoms with E-state index in [0.29, 0.717) is 12.3 Å². The van der Waals surface area contributed by atoms with Crippen molar-refractivity contribution in [3.05, 3.63) is 77.1 Å². The number of nitrogens with zero attached hydrogens (tertiary/aromatic N) is 3. The fourth-order valence-electron chi connectivity index (χ4n) is 2.51. The minimum Gasteiger partial charge on any atom is -0.508 e. The molecule has 23 heavy (non-hydrogen) atoms. The number of hydrogen-bond donors (Lipinski definition) is 1. The highest BCUT2D eigenvalue weighted by atomic mass is 16.3. The summed E-state index contributed by atoms with van der Waals surface area (Å²) in [5.74, 6) is 0.828. The first-order valence-electron chi connectivity index (χ1n) is 7.86. The molecule has 4 nitrogen and oxygen atoms in total. The van der Waals surface area contributed by atoms with Crippen LogP contribution in [-0.2, 0) is 13.0 Å². The summed E-state index contributed by atoms with van der Waals surface area (Å²) in [6, 6.07) is 15.8. The topological polar surface area (TPSA) is 50.9 Å². The highest BCUT2D eigenvalue weighted by Gasteiger charge is 2.04. The monoisotopic (exact) mass is 307 g/mol. The molecule has 118 valence electrons. The van der Waals surface area contributed by atoms with Gasteiger partial charge in [-0.2, -0.15) is 0 Å². The summed E-state index contributed by atoms with van der Waals surface area (Å²) < 4.78 is 1.86. The highest BCUT2D eigenvalue weighted by Crippen LogP contribution is 2.16. The van der Waals surface area contributed by atoms with Gasteiger partial charge in [-0.3, -0.25) is 0 Å². The summed E-state index contributed by atoms with van der Waals surface area (Å²) in [6.45, 7) is 5.12. The fourth-order valence-corrected chi connectivity index (χ4v) is 2.51. The van der Waals surface area contributed by atoms with Gasteiger partial charge < -0.3 is 5.11 Å². The molecule has 3 aromatic rings. The molecule has 1 N–H and O–H groups in total. The molecule has 0 fully saturated rings. The molecule has 0 radical (unpaired) electrons. The second-order valence-corrected chi connectivity index (χ2v) is 6.15. The van der Waals surface area contributed by atoms with Crippen molar-refractivity contribution in [2.45, 2.75) is 32.7 Å². The van der Waals surface area contributed by atoms with E-state index in [-0.39, 0.29) is 5.75 Å². The van der Waals surface area contributed by atoms with Crippen molar-refractivity contribution in [2.24, 2.45) is 0 Å². The van der Waals surface area contributed by atoms with Crippen molar-refractivity contribution in [1.29, 1.82) is 0 Å². The Hall–Kier alpha value is -2.62. The van der Waals surface area contributed by atoms with Crippen molar-refractivity contribution < 1.29 is 5.11 Å². The van der Waals surface area contributed by atoms with E-state index in [0.717, 1.165) is 17.8 Å². The molecule has 0 saturated carbocycles. The Morgan fingerprint density at radius 1 is 0.957 bits per heavy atom. The fraction of sp³-hybridized carbons (Fsp3) is 0.263. The van der Waals surface area contributed by atoms with Crippen LogP contribution in [0.15, 0.2) is 54.7 Å². The van der Waals surface area contributed by atoms with Crippen LogP contribution in [0, 0.1) is 0 Å². The van der Waals surface area contributed by atoms with Crippen molar-refractivity contribution in [1.82, 2.24) is 15.0 Å². The van der Waals surface area contributed by atoms with Gasteiger partial charge in [0.25, 0.3) is 0 Å². The third kappa shape index (κ3) is 3.97.